The summed E-state index contributed by atoms with van der Waals surface area (Å²) in [6.07, 6.45) is 5.34. The van der Waals surface area contributed by atoms with Crippen LogP contribution in [0.2, 0.25) is 0 Å². The van der Waals surface area contributed by atoms with Gasteiger partial charge in [-0.05, 0) is 43.7 Å². The molecule has 0 radical (unpaired) electrons. The van der Waals surface area contributed by atoms with E-state index in [9.17, 15) is 4.79 Å². The van der Waals surface area contributed by atoms with Crippen molar-refractivity contribution in [3.63, 3.8) is 0 Å². The summed E-state index contributed by atoms with van der Waals surface area (Å²) < 4.78 is 13.1. The van der Waals surface area contributed by atoms with E-state index in [1.807, 2.05) is 48.9 Å². The smallest absolute Gasteiger partial charge is 0.251 e. The summed E-state index contributed by atoms with van der Waals surface area (Å²) in [4.78, 5) is 16.7. The van der Waals surface area contributed by atoms with Crippen LogP contribution in [0.15, 0.2) is 61.2 Å². The summed E-state index contributed by atoms with van der Waals surface area (Å²) in [5.74, 6) is 1.05. The Morgan fingerprint density at radius 2 is 1.85 bits per heavy atom. The molecule has 0 bridgehead atoms. The number of nitrogens with zero attached hydrogens (tertiary/aromatic N) is 2. The lowest BCUT2D eigenvalue weighted by Crippen LogP contribution is -2.23. The number of hydrogen-bond acceptors (Lipinski definition) is 4. The van der Waals surface area contributed by atoms with Crippen LogP contribution < -0.4 is 14.8 Å². The summed E-state index contributed by atoms with van der Waals surface area (Å²) in [5.41, 5.74) is 2.51. The van der Waals surface area contributed by atoms with Crippen molar-refractivity contribution in [3.8, 4) is 17.2 Å². The molecule has 0 spiro atoms. The molecule has 0 aliphatic carbocycles. The number of imidazole rings is 1. The summed E-state index contributed by atoms with van der Waals surface area (Å²) in [7, 11) is 0. The third-order valence-electron chi connectivity index (χ3n) is 4.02. The predicted octanol–water partition coefficient (Wildman–Crippen LogP) is 3.60. The standard InChI is InChI=1S/C21H23N3O3/c1-3-26-19-10-9-16(13-20(19)27-4-2)21(25)23-14-17-7-5-6-8-18(17)24-12-11-22-15-24/h5-13,15H,3-4,14H2,1-2H3,(H,23,25). The second-order valence-corrected chi connectivity index (χ2v) is 5.81. The first kappa shape index (κ1) is 18.5. The van der Waals surface area contributed by atoms with Gasteiger partial charge in [-0.2, -0.15) is 0 Å². The largest absolute Gasteiger partial charge is 0.490 e. The van der Waals surface area contributed by atoms with E-state index in [0.717, 1.165) is 11.3 Å². The molecule has 3 aromatic rings. The number of nitrogens with one attached hydrogen (secondary N) is 1. The minimum absolute atomic E-state index is 0.167. The first-order valence-corrected chi connectivity index (χ1v) is 8.97. The van der Waals surface area contributed by atoms with E-state index in [1.54, 1.807) is 30.7 Å². The van der Waals surface area contributed by atoms with E-state index in [4.69, 9.17) is 9.47 Å². The molecule has 0 fully saturated rings. The molecule has 1 heterocycles. The fourth-order valence-electron chi connectivity index (χ4n) is 2.78. The Morgan fingerprint density at radius 3 is 2.59 bits per heavy atom. The zero-order chi connectivity index (χ0) is 19.1. The van der Waals surface area contributed by atoms with Crippen molar-refractivity contribution < 1.29 is 14.3 Å². The number of ether oxygens (including phenoxy) is 2. The molecule has 140 valence electrons. The van der Waals surface area contributed by atoms with Crippen molar-refractivity contribution >= 4 is 5.91 Å². The van der Waals surface area contributed by atoms with E-state index in [2.05, 4.69) is 10.3 Å². The number of amides is 1. The Morgan fingerprint density at radius 1 is 1.07 bits per heavy atom. The number of aromatic nitrogens is 2. The monoisotopic (exact) mass is 365 g/mol. The van der Waals surface area contributed by atoms with Crippen LogP contribution in [0.4, 0.5) is 0 Å². The number of para-hydroxylation sites is 1. The molecule has 0 aliphatic heterocycles. The van der Waals surface area contributed by atoms with Crippen molar-refractivity contribution in [2.24, 2.45) is 0 Å². The fraction of sp³-hybridized carbons (Fsp3) is 0.238. The number of carbonyl (C=O) groups excluding carboxylic acids is 1. The van der Waals surface area contributed by atoms with E-state index in [-0.39, 0.29) is 5.91 Å². The van der Waals surface area contributed by atoms with Gasteiger partial charge in [0.25, 0.3) is 5.91 Å². The quantitative estimate of drug-likeness (QED) is 0.662. The molecule has 0 unspecified atom stereocenters. The van der Waals surface area contributed by atoms with Gasteiger partial charge in [-0.15, -0.1) is 0 Å². The molecule has 0 atom stereocenters. The van der Waals surface area contributed by atoms with Crippen molar-refractivity contribution in [1.29, 1.82) is 0 Å². The van der Waals surface area contributed by atoms with Crippen LogP contribution in [0.1, 0.15) is 29.8 Å². The molecular weight excluding hydrogens is 342 g/mol. The minimum Gasteiger partial charge on any atom is -0.490 e. The first-order chi connectivity index (χ1) is 13.2. The molecule has 6 heteroatoms. The molecule has 1 N–H and O–H groups in total. The molecule has 0 saturated heterocycles. The van der Waals surface area contributed by atoms with Gasteiger partial charge in [0.2, 0.25) is 0 Å². The maximum Gasteiger partial charge on any atom is 0.251 e. The summed E-state index contributed by atoms with van der Waals surface area (Å²) in [5, 5.41) is 2.97. The van der Waals surface area contributed by atoms with Gasteiger partial charge in [-0.25, -0.2) is 4.98 Å². The Balaban J connectivity index is 1.74. The first-order valence-electron chi connectivity index (χ1n) is 8.97. The van der Waals surface area contributed by atoms with Crippen molar-refractivity contribution in [2.45, 2.75) is 20.4 Å². The lowest BCUT2D eigenvalue weighted by Gasteiger charge is -2.13. The van der Waals surface area contributed by atoms with Crippen LogP contribution in [0.25, 0.3) is 5.69 Å². The highest BCUT2D eigenvalue weighted by atomic mass is 16.5. The Hall–Kier alpha value is -3.28. The van der Waals surface area contributed by atoms with E-state index in [0.29, 0.717) is 36.8 Å². The predicted molar refractivity (Wildman–Crippen MR) is 104 cm³/mol. The average Bonchev–Trinajstić information content (AvgIpc) is 3.22. The lowest BCUT2D eigenvalue weighted by molar-refractivity contribution is 0.0950. The van der Waals surface area contributed by atoms with Gasteiger partial charge in [-0.1, -0.05) is 18.2 Å². The highest BCUT2D eigenvalue weighted by Gasteiger charge is 2.12. The maximum absolute atomic E-state index is 12.6. The second-order valence-electron chi connectivity index (χ2n) is 5.81. The van der Waals surface area contributed by atoms with Gasteiger partial charge in [0, 0.05) is 24.5 Å². The third kappa shape index (κ3) is 4.47. The van der Waals surface area contributed by atoms with Gasteiger partial charge in [0.1, 0.15) is 0 Å². The normalized spacial score (nSPS) is 10.4. The topological polar surface area (TPSA) is 65.4 Å². The van der Waals surface area contributed by atoms with E-state index < -0.39 is 0 Å². The van der Waals surface area contributed by atoms with Crippen LogP contribution >= 0.6 is 0 Å². The van der Waals surface area contributed by atoms with Crippen molar-refractivity contribution in [1.82, 2.24) is 14.9 Å². The molecule has 1 amide bonds. The van der Waals surface area contributed by atoms with Crippen molar-refractivity contribution in [2.75, 3.05) is 13.2 Å². The molecule has 0 saturated carbocycles. The molecular formula is C21H23N3O3. The number of benzene rings is 2. The van der Waals surface area contributed by atoms with Gasteiger partial charge in [0.05, 0.1) is 25.2 Å². The summed E-state index contributed by atoms with van der Waals surface area (Å²) in [6, 6.07) is 13.1. The summed E-state index contributed by atoms with van der Waals surface area (Å²) in [6.45, 7) is 5.26. The maximum atomic E-state index is 12.6. The summed E-state index contributed by atoms with van der Waals surface area (Å²) >= 11 is 0. The van der Waals surface area contributed by atoms with Gasteiger partial charge in [0.15, 0.2) is 11.5 Å². The zero-order valence-electron chi connectivity index (χ0n) is 15.5. The van der Waals surface area contributed by atoms with Crippen LogP contribution in [0.3, 0.4) is 0 Å². The Labute approximate surface area is 158 Å². The minimum atomic E-state index is -0.167. The van der Waals surface area contributed by atoms with Gasteiger partial charge < -0.3 is 19.4 Å². The number of hydrogen-bond donors (Lipinski definition) is 1. The molecule has 27 heavy (non-hydrogen) atoms. The number of carbonyl (C=O) groups is 1. The molecule has 0 aliphatic rings. The lowest BCUT2D eigenvalue weighted by atomic mass is 10.1. The highest BCUT2D eigenvalue weighted by Crippen LogP contribution is 2.28. The average molecular weight is 365 g/mol. The van der Waals surface area contributed by atoms with Crippen LogP contribution in [-0.4, -0.2) is 28.7 Å². The van der Waals surface area contributed by atoms with Gasteiger partial charge in [-0.3, -0.25) is 4.79 Å². The molecule has 6 nitrogen and oxygen atoms in total. The second kappa shape index (κ2) is 8.89. The number of rotatable bonds is 8. The highest BCUT2D eigenvalue weighted by molar-refractivity contribution is 5.94. The van der Waals surface area contributed by atoms with E-state index >= 15 is 0 Å². The third-order valence-corrected chi connectivity index (χ3v) is 4.02. The van der Waals surface area contributed by atoms with Crippen LogP contribution in [0.5, 0.6) is 11.5 Å². The molecule has 3 rings (SSSR count). The van der Waals surface area contributed by atoms with E-state index in [1.165, 1.54) is 0 Å². The Kier molecular flexibility index (Phi) is 6.10. The van der Waals surface area contributed by atoms with Crippen LogP contribution in [0, 0.1) is 0 Å². The SMILES string of the molecule is CCOc1ccc(C(=O)NCc2ccccc2-n2ccnc2)cc1OCC. The van der Waals surface area contributed by atoms with Gasteiger partial charge >= 0.3 is 0 Å². The zero-order valence-corrected chi connectivity index (χ0v) is 15.5. The fourth-order valence-corrected chi connectivity index (χ4v) is 2.78. The van der Waals surface area contributed by atoms with Crippen LogP contribution in [-0.2, 0) is 6.54 Å². The molecule has 1 aromatic heterocycles. The molecule has 2 aromatic carbocycles. The van der Waals surface area contributed by atoms with Crippen molar-refractivity contribution in [3.05, 3.63) is 72.3 Å². The Bertz CT molecular complexity index is 891.